The van der Waals surface area contributed by atoms with Gasteiger partial charge in [-0.1, -0.05) is 42.5 Å². The van der Waals surface area contributed by atoms with E-state index < -0.39 is 0 Å². The topological polar surface area (TPSA) is 41.6 Å². The van der Waals surface area contributed by atoms with Gasteiger partial charge in [-0.15, -0.1) is 0 Å². The van der Waals surface area contributed by atoms with Gasteiger partial charge in [-0.3, -0.25) is 0 Å². The van der Waals surface area contributed by atoms with Gasteiger partial charge in [-0.2, -0.15) is 15.4 Å². The first-order valence-corrected chi connectivity index (χ1v) is 4.80. The van der Waals surface area contributed by atoms with E-state index in [0.717, 1.165) is 22.2 Å². The van der Waals surface area contributed by atoms with E-state index in [-0.39, 0.29) is 17.1 Å². The van der Waals surface area contributed by atoms with Crippen LogP contribution in [0.15, 0.2) is 48.5 Å². The van der Waals surface area contributed by atoms with Gasteiger partial charge in [0.2, 0.25) is 0 Å². The van der Waals surface area contributed by atoms with E-state index in [0.29, 0.717) is 0 Å². The van der Waals surface area contributed by atoms with Gasteiger partial charge in [0.25, 0.3) is 0 Å². The van der Waals surface area contributed by atoms with Crippen molar-refractivity contribution in [1.82, 2.24) is 15.4 Å². The number of benzene rings is 2. The van der Waals surface area contributed by atoms with E-state index in [2.05, 4.69) is 33.6 Å². The molecule has 3 nitrogen and oxygen atoms in total. The number of hydrogen-bond acceptors (Lipinski definition) is 2. The summed E-state index contributed by atoms with van der Waals surface area (Å²) >= 11 is 0. The van der Waals surface area contributed by atoms with Gasteiger partial charge < -0.3 is 0 Å². The maximum Gasteiger partial charge on any atom is 0.120 e. The van der Waals surface area contributed by atoms with Crippen LogP contribution in [0.4, 0.5) is 0 Å². The predicted molar refractivity (Wildman–Crippen MR) is 59.3 cm³/mol. The Hall–Kier alpha value is -1.64. The fourth-order valence-electron chi connectivity index (χ4n) is 1.72. The Labute approximate surface area is 103 Å². The van der Waals surface area contributed by atoms with Crippen molar-refractivity contribution in [2.45, 2.75) is 0 Å². The predicted octanol–water partition coefficient (Wildman–Crippen LogP) is 2.62. The summed E-state index contributed by atoms with van der Waals surface area (Å²) in [5, 5.41) is 10.9. The van der Waals surface area contributed by atoms with Crippen LogP contribution in [0, 0.1) is 0 Å². The summed E-state index contributed by atoms with van der Waals surface area (Å²) in [6.45, 7) is 0. The molecule has 0 saturated heterocycles. The summed E-state index contributed by atoms with van der Waals surface area (Å²) in [7, 11) is 0. The molecule has 0 amide bonds. The van der Waals surface area contributed by atoms with Crippen molar-refractivity contribution in [3.63, 3.8) is 0 Å². The fourth-order valence-corrected chi connectivity index (χ4v) is 1.72. The van der Waals surface area contributed by atoms with Gasteiger partial charge in [-0.05, 0) is 11.6 Å². The maximum absolute atomic E-state index is 4.16. The Bertz CT molecular complexity index is 589. The fraction of sp³-hybridized carbons (Fsp3) is 0. The third-order valence-corrected chi connectivity index (χ3v) is 2.43. The van der Waals surface area contributed by atoms with Crippen LogP contribution in [0.1, 0.15) is 0 Å². The maximum atomic E-state index is 4.16. The first-order chi connectivity index (χ1) is 7.45. The largest absolute Gasteiger partial charge is 0.197 e. The average molecular weight is 259 g/mol. The van der Waals surface area contributed by atoms with Crippen LogP contribution < -0.4 is 0 Å². The van der Waals surface area contributed by atoms with Crippen molar-refractivity contribution in [2.75, 3.05) is 0 Å². The first kappa shape index (κ1) is 10.9. The Morgan fingerprint density at radius 1 is 0.812 bits per heavy atom. The van der Waals surface area contributed by atoms with Crippen LogP contribution in [-0.2, 0) is 17.1 Å². The summed E-state index contributed by atoms with van der Waals surface area (Å²) in [5.74, 6) is 0. The number of nitrogens with zero attached hydrogens (tertiary/aromatic N) is 2. The SMILES string of the molecule is [Cu].c1ccc(-c2cccc3n[nH]nc23)cc1. The van der Waals surface area contributed by atoms with Crippen LogP contribution in [0.5, 0.6) is 0 Å². The van der Waals surface area contributed by atoms with Crippen molar-refractivity contribution in [3.05, 3.63) is 48.5 Å². The second kappa shape index (κ2) is 4.47. The van der Waals surface area contributed by atoms with Gasteiger partial charge in [0.15, 0.2) is 0 Å². The molecule has 1 radical (unpaired) electrons. The van der Waals surface area contributed by atoms with Crippen molar-refractivity contribution in [2.24, 2.45) is 0 Å². The van der Waals surface area contributed by atoms with E-state index in [1.165, 1.54) is 0 Å². The molecule has 1 aromatic heterocycles. The van der Waals surface area contributed by atoms with Crippen LogP contribution in [0.2, 0.25) is 0 Å². The van der Waals surface area contributed by atoms with Crippen LogP contribution in [-0.4, -0.2) is 15.4 Å². The molecule has 0 aliphatic rings. The van der Waals surface area contributed by atoms with Crippen LogP contribution >= 0.6 is 0 Å². The van der Waals surface area contributed by atoms with E-state index in [1.54, 1.807) is 0 Å². The molecule has 0 spiro atoms. The van der Waals surface area contributed by atoms with E-state index in [1.807, 2.05) is 30.3 Å². The van der Waals surface area contributed by atoms with Crippen molar-refractivity contribution >= 4 is 11.0 Å². The molecule has 1 N–H and O–H groups in total. The van der Waals surface area contributed by atoms with E-state index in [4.69, 9.17) is 0 Å². The third-order valence-electron chi connectivity index (χ3n) is 2.43. The number of aromatic nitrogens is 3. The third kappa shape index (κ3) is 1.73. The minimum atomic E-state index is 0. The molecule has 0 aliphatic heterocycles. The van der Waals surface area contributed by atoms with Gasteiger partial charge in [0.1, 0.15) is 11.0 Å². The number of H-pyrrole nitrogens is 1. The molecule has 83 valence electrons. The monoisotopic (exact) mass is 258 g/mol. The molecule has 0 fully saturated rings. The molecule has 3 rings (SSSR count). The Morgan fingerprint density at radius 3 is 2.44 bits per heavy atom. The normalized spacial score (nSPS) is 10.0. The minimum Gasteiger partial charge on any atom is -0.197 e. The molecule has 0 saturated carbocycles. The second-order valence-corrected chi connectivity index (χ2v) is 3.36. The standard InChI is InChI=1S/C12H9N3.Cu/c1-2-5-9(6-3-1)10-7-4-8-11-12(10)14-15-13-11;/h1-8H,(H,13,14,15);. The number of rotatable bonds is 1. The molecule has 4 heteroatoms. The number of fused-ring (bicyclic) bond motifs is 1. The average Bonchev–Trinajstić information content (AvgIpc) is 2.78. The number of aromatic amines is 1. The molecule has 3 aromatic rings. The summed E-state index contributed by atoms with van der Waals surface area (Å²) in [6.07, 6.45) is 0. The number of para-hydroxylation sites is 1. The van der Waals surface area contributed by atoms with E-state index in [9.17, 15) is 0 Å². The smallest absolute Gasteiger partial charge is 0.120 e. The van der Waals surface area contributed by atoms with Gasteiger partial charge in [-0.25, -0.2) is 0 Å². The number of hydrogen-bond donors (Lipinski definition) is 1. The summed E-state index contributed by atoms with van der Waals surface area (Å²) in [6, 6.07) is 16.2. The van der Waals surface area contributed by atoms with Crippen LogP contribution in [0.3, 0.4) is 0 Å². The van der Waals surface area contributed by atoms with Crippen LogP contribution in [0.25, 0.3) is 22.2 Å². The summed E-state index contributed by atoms with van der Waals surface area (Å²) in [4.78, 5) is 0. The Kier molecular flexibility index (Phi) is 3.04. The summed E-state index contributed by atoms with van der Waals surface area (Å²) in [5.41, 5.74) is 4.10. The zero-order chi connectivity index (χ0) is 10.1. The number of nitrogens with one attached hydrogen (secondary N) is 1. The zero-order valence-corrected chi connectivity index (χ0v) is 9.26. The second-order valence-electron chi connectivity index (χ2n) is 3.36. The molecule has 2 aromatic carbocycles. The molecule has 0 bridgehead atoms. The Morgan fingerprint density at radius 2 is 1.62 bits per heavy atom. The van der Waals surface area contributed by atoms with Crippen molar-refractivity contribution in [1.29, 1.82) is 0 Å². The van der Waals surface area contributed by atoms with Crippen molar-refractivity contribution < 1.29 is 17.1 Å². The van der Waals surface area contributed by atoms with Crippen molar-refractivity contribution in [3.8, 4) is 11.1 Å². The molecule has 16 heavy (non-hydrogen) atoms. The van der Waals surface area contributed by atoms with E-state index >= 15 is 0 Å². The zero-order valence-electron chi connectivity index (χ0n) is 8.31. The summed E-state index contributed by atoms with van der Waals surface area (Å²) < 4.78 is 0. The first-order valence-electron chi connectivity index (χ1n) is 4.80. The van der Waals surface area contributed by atoms with Gasteiger partial charge >= 0.3 is 0 Å². The molecule has 0 atom stereocenters. The molecule has 0 aliphatic carbocycles. The molecule has 1 heterocycles. The molecular weight excluding hydrogens is 250 g/mol. The molecular formula is C12H9CuN3. The van der Waals surface area contributed by atoms with Gasteiger partial charge in [0, 0.05) is 22.6 Å². The minimum absolute atomic E-state index is 0. The van der Waals surface area contributed by atoms with Gasteiger partial charge in [0.05, 0.1) is 0 Å². The molecule has 0 unspecified atom stereocenters. The Balaban J connectivity index is 0.000000963. The quantitative estimate of drug-likeness (QED) is 0.682.